The number of hydrogen-bond acceptors (Lipinski definition) is 5. The molecule has 0 bridgehead atoms. The Labute approximate surface area is 150 Å². The minimum atomic E-state index is -3.46. The lowest BCUT2D eigenvalue weighted by atomic mass is 10.0. The summed E-state index contributed by atoms with van der Waals surface area (Å²) < 4.78 is 41.0. The number of hydrogen-bond donors (Lipinski definition) is 1. The van der Waals surface area contributed by atoms with Crippen LogP contribution in [0, 0.1) is 5.82 Å². The molecule has 8 heteroatoms. The maximum Gasteiger partial charge on any atom is 0.307 e. The van der Waals surface area contributed by atoms with Gasteiger partial charge in [0.05, 0.1) is 24.5 Å². The predicted octanol–water partition coefficient (Wildman–Crippen LogP) is 2.26. The van der Waals surface area contributed by atoms with Gasteiger partial charge in [-0.15, -0.1) is 0 Å². The summed E-state index contributed by atoms with van der Waals surface area (Å²) in [5.41, 5.74) is 0.648. The average molecular weight is 379 g/mol. The van der Waals surface area contributed by atoms with E-state index in [0.29, 0.717) is 5.56 Å². The number of halogens is 1. The molecular formula is C18H18FNO5S. The van der Waals surface area contributed by atoms with E-state index in [1.165, 1.54) is 55.6 Å². The van der Waals surface area contributed by atoms with E-state index < -0.39 is 33.6 Å². The van der Waals surface area contributed by atoms with Crippen LogP contribution in [0.3, 0.4) is 0 Å². The molecule has 0 aliphatic rings. The molecule has 0 aliphatic heterocycles. The number of sulfone groups is 1. The molecule has 0 aromatic heterocycles. The van der Waals surface area contributed by atoms with Gasteiger partial charge in [-0.25, -0.2) is 12.8 Å². The summed E-state index contributed by atoms with van der Waals surface area (Å²) in [6, 6.07) is 10.2. The Morgan fingerprint density at radius 3 is 2.38 bits per heavy atom. The molecule has 26 heavy (non-hydrogen) atoms. The lowest BCUT2D eigenvalue weighted by molar-refractivity contribution is -0.141. The summed E-state index contributed by atoms with van der Waals surface area (Å²) in [7, 11) is -2.24. The maximum atomic E-state index is 13.1. The first-order chi connectivity index (χ1) is 12.2. The summed E-state index contributed by atoms with van der Waals surface area (Å²) in [4.78, 5) is 24.2. The fraction of sp³-hybridized carbons (Fsp3) is 0.222. The van der Waals surface area contributed by atoms with Gasteiger partial charge in [0.2, 0.25) is 0 Å². The predicted molar refractivity (Wildman–Crippen MR) is 92.8 cm³/mol. The Morgan fingerprint density at radius 2 is 1.81 bits per heavy atom. The minimum Gasteiger partial charge on any atom is -0.469 e. The minimum absolute atomic E-state index is 0.0106. The largest absolute Gasteiger partial charge is 0.469 e. The van der Waals surface area contributed by atoms with Gasteiger partial charge in [-0.3, -0.25) is 9.59 Å². The number of rotatable bonds is 6. The number of methoxy groups -OCH3 is 1. The third-order valence-corrected chi connectivity index (χ3v) is 4.81. The third kappa shape index (κ3) is 5.13. The van der Waals surface area contributed by atoms with Crippen molar-refractivity contribution >= 4 is 21.7 Å². The molecule has 0 aliphatic carbocycles. The molecule has 138 valence electrons. The summed E-state index contributed by atoms with van der Waals surface area (Å²) in [6.45, 7) is 0. The van der Waals surface area contributed by atoms with Gasteiger partial charge in [-0.05, 0) is 35.9 Å². The quantitative estimate of drug-likeness (QED) is 0.778. The van der Waals surface area contributed by atoms with Crippen molar-refractivity contribution in [2.24, 2.45) is 0 Å². The lowest BCUT2D eigenvalue weighted by Gasteiger charge is -2.18. The number of amides is 1. The Hall–Kier alpha value is -2.74. The molecule has 0 heterocycles. The Kier molecular flexibility index (Phi) is 6.10. The topological polar surface area (TPSA) is 89.5 Å². The van der Waals surface area contributed by atoms with Gasteiger partial charge in [-0.2, -0.15) is 0 Å². The highest BCUT2D eigenvalue weighted by Crippen LogP contribution is 2.19. The molecule has 1 atom stereocenters. The van der Waals surface area contributed by atoms with Gasteiger partial charge < -0.3 is 10.1 Å². The van der Waals surface area contributed by atoms with E-state index in [2.05, 4.69) is 10.1 Å². The van der Waals surface area contributed by atoms with Crippen LogP contribution in [0.2, 0.25) is 0 Å². The number of ether oxygens (including phenoxy) is 1. The van der Waals surface area contributed by atoms with Crippen molar-refractivity contribution < 1.29 is 27.1 Å². The summed E-state index contributed by atoms with van der Waals surface area (Å²) in [6.07, 6.45) is 0.891. The fourth-order valence-electron chi connectivity index (χ4n) is 2.31. The van der Waals surface area contributed by atoms with Crippen LogP contribution in [0.1, 0.15) is 28.4 Å². The first kappa shape index (κ1) is 19.6. The van der Waals surface area contributed by atoms with E-state index in [0.717, 1.165) is 6.26 Å². The second-order valence-corrected chi connectivity index (χ2v) is 7.67. The molecule has 2 rings (SSSR count). The number of esters is 1. The highest BCUT2D eigenvalue weighted by atomic mass is 32.2. The van der Waals surface area contributed by atoms with Crippen LogP contribution in [0.5, 0.6) is 0 Å². The normalized spacial score (nSPS) is 12.3. The van der Waals surface area contributed by atoms with E-state index >= 15 is 0 Å². The molecule has 2 aromatic carbocycles. The lowest BCUT2D eigenvalue weighted by Crippen LogP contribution is -2.30. The van der Waals surface area contributed by atoms with E-state index in [4.69, 9.17) is 0 Å². The second kappa shape index (κ2) is 8.09. The smallest absolute Gasteiger partial charge is 0.307 e. The first-order valence-corrected chi connectivity index (χ1v) is 9.53. The van der Waals surface area contributed by atoms with Crippen LogP contribution in [0.15, 0.2) is 53.4 Å². The van der Waals surface area contributed by atoms with Gasteiger partial charge in [-0.1, -0.05) is 18.2 Å². The highest BCUT2D eigenvalue weighted by Gasteiger charge is 2.20. The van der Waals surface area contributed by atoms with E-state index in [1.54, 1.807) is 0 Å². The zero-order valence-corrected chi connectivity index (χ0v) is 15.0. The van der Waals surface area contributed by atoms with E-state index in [-0.39, 0.29) is 16.9 Å². The number of benzene rings is 2. The number of nitrogens with one attached hydrogen (secondary N) is 1. The van der Waals surface area contributed by atoms with Gasteiger partial charge in [0, 0.05) is 11.8 Å². The summed E-state index contributed by atoms with van der Waals surface area (Å²) >= 11 is 0. The van der Waals surface area contributed by atoms with Crippen molar-refractivity contribution in [3.05, 3.63) is 65.5 Å². The Bertz CT molecular complexity index is 909. The van der Waals surface area contributed by atoms with Crippen molar-refractivity contribution in [2.45, 2.75) is 17.4 Å². The number of carbonyl (C=O) groups excluding carboxylic acids is 2. The highest BCUT2D eigenvalue weighted by molar-refractivity contribution is 7.90. The van der Waals surface area contributed by atoms with Crippen LogP contribution in [0.4, 0.5) is 4.39 Å². The molecule has 1 unspecified atom stereocenters. The summed E-state index contributed by atoms with van der Waals surface area (Å²) in [5, 5.41) is 2.66. The van der Waals surface area contributed by atoms with Crippen molar-refractivity contribution in [3.8, 4) is 0 Å². The Balaban J connectivity index is 2.28. The van der Waals surface area contributed by atoms with Crippen LogP contribution >= 0.6 is 0 Å². The molecule has 1 amide bonds. The average Bonchev–Trinajstić information content (AvgIpc) is 2.61. The van der Waals surface area contributed by atoms with Crippen LogP contribution in [-0.2, 0) is 19.4 Å². The van der Waals surface area contributed by atoms with Crippen molar-refractivity contribution in [1.82, 2.24) is 5.32 Å². The molecule has 2 aromatic rings. The van der Waals surface area contributed by atoms with Gasteiger partial charge in [0.1, 0.15) is 5.82 Å². The Morgan fingerprint density at radius 1 is 1.15 bits per heavy atom. The second-order valence-electron chi connectivity index (χ2n) is 5.66. The summed E-state index contributed by atoms with van der Waals surface area (Å²) in [5.74, 6) is -1.56. The van der Waals surface area contributed by atoms with E-state index in [1.807, 2.05) is 0 Å². The van der Waals surface area contributed by atoms with Gasteiger partial charge >= 0.3 is 5.97 Å². The zero-order valence-electron chi connectivity index (χ0n) is 14.2. The maximum absolute atomic E-state index is 13.1. The van der Waals surface area contributed by atoms with Gasteiger partial charge in [0.25, 0.3) is 5.91 Å². The zero-order chi connectivity index (χ0) is 19.3. The van der Waals surface area contributed by atoms with Crippen LogP contribution < -0.4 is 5.32 Å². The molecule has 0 fully saturated rings. The molecule has 0 saturated carbocycles. The molecule has 0 radical (unpaired) electrons. The van der Waals surface area contributed by atoms with Crippen LogP contribution in [0.25, 0.3) is 0 Å². The van der Waals surface area contributed by atoms with Crippen LogP contribution in [-0.4, -0.2) is 33.7 Å². The molecule has 6 nitrogen and oxygen atoms in total. The van der Waals surface area contributed by atoms with Crippen molar-refractivity contribution in [2.75, 3.05) is 13.4 Å². The molecule has 0 spiro atoms. The SMILES string of the molecule is COC(=O)CC(NC(=O)c1cccc(S(C)(=O)=O)c1)c1ccc(F)cc1. The molecule has 0 saturated heterocycles. The van der Waals surface area contributed by atoms with Crippen molar-refractivity contribution in [1.29, 1.82) is 0 Å². The first-order valence-electron chi connectivity index (χ1n) is 7.64. The third-order valence-electron chi connectivity index (χ3n) is 3.70. The molecule has 1 N–H and O–H groups in total. The fourth-order valence-corrected chi connectivity index (χ4v) is 2.97. The van der Waals surface area contributed by atoms with Crippen molar-refractivity contribution in [3.63, 3.8) is 0 Å². The molecular weight excluding hydrogens is 361 g/mol. The monoisotopic (exact) mass is 379 g/mol. The van der Waals surface area contributed by atoms with Gasteiger partial charge in [0.15, 0.2) is 9.84 Å². The van der Waals surface area contributed by atoms with E-state index in [9.17, 15) is 22.4 Å². The standard InChI is InChI=1S/C18H18FNO5S/c1-25-17(21)11-16(12-6-8-14(19)9-7-12)20-18(22)13-4-3-5-15(10-13)26(2,23)24/h3-10,16H,11H2,1-2H3,(H,20,22). The number of carbonyl (C=O) groups is 2.